The van der Waals surface area contributed by atoms with Gasteiger partial charge in [-0.1, -0.05) is 30.3 Å². The summed E-state index contributed by atoms with van der Waals surface area (Å²) in [5.41, 5.74) is 2.16. The Labute approximate surface area is 145 Å². The van der Waals surface area contributed by atoms with E-state index in [2.05, 4.69) is 5.32 Å². The number of nitrogens with zero attached hydrogens (tertiary/aromatic N) is 1. The van der Waals surface area contributed by atoms with Gasteiger partial charge in [-0.25, -0.2) is 0 Å². The smallest absolute Gasteiger partial charge is 0.249 e. The van der Waals surface area contributed by atoms with Crippen LogP contribution >= 0.6 is 11.3 Å². The van der Waals surface area contributed by atoms with Crippen LogP contribution in [0.5, 0.6) is 0 Å². The highest BCUT2D eigenvalue weighted by Gasteiger charge is 2.33. The van der Waals surface area contributed by atoms with Gasteiger partial charge in [0, 0.05) is 11.4 Å². The largest absolute Gasteiger partial charge is 0.369 e. The number of amides is 2. The molecule has 1 aromatic heterocycles. The summed E-state index contributed by atoms with van der Waals surface area (Å²) in [6.45, 7) is 3.17. The molecule has 1 N–H and O–H groups in total. The van der Waals surface area contributed by atoms with Crippen molar-refractivity contribution in [3.63, 3.8) is 0 Å². The number of nitrogens with one attached hydrogen (secondary N) is 1. The number of benzene rings is 1. The van der Waals surface area contributed by atoms with Gasteiger partial charge in [-0.2, -0.15) is 0 Å². The maximum atomic E-state index is 12.6. The second kappa shape index (κ2) is 7.59. The maximum absolute atomic E-state index is 12.6. The van der Waals surface area contributed by atoms with E-state index in [1.54, 1.807) is 16.2 Å². The quantitative estimate of drug-likeness (QED) is 0.904. The van der Waals surface area contributed by atoms with Crippen molar-refractivity contribution in [3.8, 4) is 0 Å². The van der Waals surface area contributed by atoms with Gasteiger partial charge in [0.1, 0.15) is 12.6 Å². The fourth-order valence-electron chi connectivity index (χ4n) is 2.67. The van der Waals surface area contributed by atoms with E-state index >= 15 is 0 Å². The Morgan fingerprint density at radius 1 is 1.33 bits per heavy atom. The summed E-state index contributed by atoms with van der Waals surface area (Å²) in [4.78, 5) is 27.5. The number of aryl methyl sites for hydroxylation is 1. The minimum Gasteiger partial charge on any atom is -0.369 e. The molecule has 0 aliphatic carbocycles. The second-order valence-corrected chi connectivity index (χ2v) is 6.78. The van der Waals surface area contributed by atoms with Gasteiger partial charge >= 0.3 is 0 Å². The Morgan fingerprint density at radius 3 is 2.83 bits per heavy atom. The van der Waals surface area contributed by atoms with Crippen LogP contribution in [0, 0.1) is 6.92 Å². The molecule has 0 saturated carbocycles. The average molecular weight is 344 g/mol. The Morgan fingerprint density at radius 2 is 2.12 bits per heavy atom. The first-order valence-corrected chi connectivity index (χ1v) is 8.75. The van der Waals surface area contributed by atoms with Crippen molar-refractivity contribution in [1.82, 2.24) is 10.2 Å². The first-order chi connectivity index (χ1) is 11.6. The zero-order valence-electron chi connectivity index (χ0n) is 13.5. The summed E-state index contributed by atoms with van der Waals surface area (Å²) in [5.74, 6) is -0.329. The molecule has 2 amide bonds. The Hall–Kier alpha value is -2.18. The molecule has 5 nitrogen and oxygen atoms in total. The van der Waals surface area contributed by atoms with Gasteiger partial charge in [-0.05, 0) is 29.5 Å². The van der Waals surface area contributed by atoms with Crippen LogP contribution < -0.4 is 5.32 Å². The molecule has 126 valence electrons. The number of carbonyl (C=O) groups excluding carboxylic acids is 2. The molecule has 0 spiro atoms. The van der Waals surface area contributed by atoms with E-state index in [1.165, 1.54) is 0 Å². The predicted molar refractivity (Wildman–Crippen MR) is 92.5 cm³/mol. The number of carbonyl (C=O) groups is 2. The Bertz CT molecular complexity index is 714. The summed E-state index contributed by atoms with van der Waals surface area (Å²) < 4.78 is 5.29. The molecule has 1 fully saturated rings. The molecule has 0 unspecified atom stereocenters. The van der Waals surface area contributed by atoms with Gasteiger partial charge in [-0.3, -0.25) is 9.59 Å². The number of hydrogen-bond acceptors (Lipinski definition) is 4. The van der Waals surface area contributed by atoms with Crippen molar-refractivity contribution >= 4 is 23.2 Å². The molecule has 1 aliphatic heterocycles. The highest BCUT2D eigenvalue weighted by atomic mass is 32.1. The molecule has 6 heteroatoms. The van der Waals surface area contributed by atoms with Crippen LogP contribution in [-0.4, -0.2) is 36.0 Å². The number of thiophene rings is 1. The number of ether oxygens (including phenoxy) is 1. The summed E-state index contributed by atoms with van der Waals surface area (Å²) in [5, 5.41) is 4.94. The molecule has 1 aromatic carbocycles. The van der Waals surface area contributed by atoms with Crippen molar-refractivity contribution in [3.05, 3.63) is 57.8 Å². The summed E-state index contributed by atoms with van der Waals surface area (Å²) in [6.07, 6.45) is 0. The van der Waals surface area contributed by atoms with E-state index < -0.39 is 6.04 Å². The minimum absolute atomic E-state index is 0.0284. The zero-order chi connectivity index (χ0) is 16.9. The SMILES string of the molecule is Cc1ccsc1CNC(=O)[C@H]1COCC(=O)N1Cc1ccccc1. The third kappa shape index (κ3) is 3.83. The number of hydrogen-bond donors (Lipinski definition) is 1. The predicted octanol–water partition coefficient (Wildman–Crippen LogP) is 2.10. The molecule has 24 heavy (non-hydrogen) atoms. The fraction of sp³-hybridized carbons (Fsp3) is 0.333. The Kier molecular flexibility index (Phi) is 5.27. The van der Waals surface area contributed by atoms with Gasteiger partial charge in [0.05, 0.1) is 13.2 Å². The lowest BCUT2D eigenvalue weighted by Gasteiger charge is -2.34. The maximum Gasteiger partial charge on any atom is 0.249 e. The van der Waals surface area contributed by atoms with E-state index in [0.717, 1.165) is 16.0 Å². The number of rotatable bonds is 5. The molecule has 3 rings (SSSR count). The van der Waals surface area contributed by atoms with E-state index in [-0.39, 0.29) is 25.0 Å². The molecule has 0 radical (unpaired) electrons. The third-order valence-corrected chi connectivity index (χ3v) is 5.11. The first-order valence-electron chi connectivity index (χ1n) is 7.87. The van der Waals surface area contributed by atoms with Crippen molar-refractivity contribution in [2.75, 3.05) is 13.2 Å². The summed E-state index contributed by atoms with van der Waals surface area (Å²) >= 11 is 1.62. The minimum atomic E-state index is -0.591. The topological polar surface area (TPSA) is 58.6 Å². The lowest BCUT2D eigenvalue weighted by atomic mass is 10.1. The average Bonchev–Trinajstić information content (AvgIpc) is 3.00. The van der Waals surface area contributed by atoms with Gasteiger partial charge < -0.3 is 15.0 Å². The van der Waals surface area contributed by atoms with Crippen LogP contribution in [-0.2, 0) is 27.4 Å². The highest BCUT2D eigenvalue weighted by Crippen LogP contribution is 2.17. The molecule has 1 saturated heterocycles. The van der Waals surface area contributed by atoms with Gasteiger partial charge in [0.25, 0.3) is 0 Å². The van der Waals surface area contributed by atoms with E-state index in [0.29, 0.717) is 13.1 Å². The van der Waals surface area contributed by atoms with Crippen LogP contribution in [0.25, 0.3) is 0 Å². The van der Waals surface area contributed by atoms with Crippen molar-refractivity contribution in [2.45, 2.75) is 26.1 Å². The van der Waals surface area contributed by atoms with Crippen LogP contribution in [0.2, 0.25) is 0 Å². The molecule has 1 atom stereocenters. The fourth-order valence-corrected chi connectivity index (χ4v) is 3.52. The monoisotopic (exact) mass is 344 g/mol. The standard InChI is InChI=1S/C18H20N2O3S/c1-13-7-8-24-16(13)9-19-18(22)15-11-23-12-17(21)20(15)10-14-5-3-2-4-6-14/h2-8,15H,9-12H2,1H3,(H,19,22)/t15-/m1/s1. The van der Waals surface area contributed by atoms with E-state index in [1.807, 2.05) is 48.7 Å². The molecule has 0 bridgehead atoms. The van der Waals surface area contributed by atoms with Gasteiger partial charge in [0.15, 0.2) is 0 Å². The van der Waals surface area contributed by atoms with Crippen molar-refractivity contribution in [2.24, 2.45) is 0 Å². The van der Waals surface area contributed by atoms with Gasteiger partial charge in [-0.15, -0.1) is 11.3 Å². The molecule has 2 aromatic rings. The van der Waals surface area contributed by atoms with Crippen LogP contribution in [0.3, 0.4) is 0 Å². The van der Waals surface area contributed by atoms with E-state index in [9.17, 15) is 9.59 Å². The molecule has 2 heterocycles. The lowest BCUT2D eigenvalue weighted by Crippen LogP contribution is -2.55. The first kappa shape index (κ1) is 16.7. The number of morpholine rings is 1. The molecular formula is C18H20N2O3S. The van der Waals surface area contributed by atoms with Crippen LogP contribution in [0.1, 0.15) is 16.0 Å². The summed E-state index contributed by atoms with van der Waals surface area (Å²) in [7, 11) is 0. The third-order valence-electron chi connectivity index (χ3n) is 4.09. The summed E-state index contributed by atoms with van der Waals surface area (Å²) in [6, 6.07) is 11.1. The Balaban J connectivity index is 1.67. The zero-order valence-corrected chi connectivity index (χ0v) is 14.3. The van der Waals surface area contributed by atoms with Crippen molar-refractivity contribution in [1.29, 1.82) is 0 Å². The molecular weight excluding hydrogens is 324 g/mol. The van der Waals surface area contributed by atoms with Crippen molar-refractivity contribution < 1.29 is 14.3 Å². The van der Waals surface area contributed by atoms with Gasteiger partial charge in [0.2, 0.25) is 11.8 Å². The van der Waals surface area contributed by atoms with Crippen LogP contribution in [0.15, 0.2) is 41.8 Å². The normalized spacial score (nSPS) is 17.8. The van der Waals surface area contributed by atoms with Crippen LogP contribution in [0.4, 0.5) is 0 Å². The van der Waals surface area contributed by atoms with E-state index in [4.69, 9.17) is 4.74 Å². The highest BCUT2D eigenvalue weighted by molar-refractivity contribution is 7.10. The second-order valence-electron chi connectivity index (χ2n) is 5.78. The molecule has 1 aliphatic rings. The lowest BCUT2D eigenvalue weighted by molar-refractivity contribution is -0.155.